The van der Waals surface area contributed by atoms with E-state index in [9.17, 15) is 17.6 Å². The quantitative estimate of drug-likeness (QED) is 0.265. The minimum atomic E-state index is -4.55. The van der Waals surface area contributed by atoms with E-state index in [1.165, 1.54) is 24.4 Å². The number of nitrogens with two attached hydrogens (primary N) is 1. The fraction of sp³-hybridized carbons (Fsp3) is 0.333. The number of imidazole rings is 1. The van der Waals surface area contributed by atoms with Gasteiger partial charge in [0, 0.05) is 24.2 Å². The molecule has 1 saturated heterocycles. The smallest absolute Gasteiger partial charge is 0.383 e. The van der Waals surface area contributed by atoms with Crippen LogP contribution in [0.2, 0.25) is 0 Å². The van der Waals surface area contributed by atoms with Gasteiger partial charge in [-0.2, -0.15) is 13.2 Å². The molecule has 4 N–H and O–H groups in total. The lowest BCUT2D eigenvalue weighted by Crippen LogP contribution is -2.28. The molecule has 0 amide bonds. The molecule has 0 atom stereocenters. The molecule has 1 fully saturated rings. The van der Waals surface area contributed by atoms with Crippen molar-refractivity contribution in [2.75, 3.05) is 18.8 Å². The summed E-state index contributed by atoms with van der Waals surface area (Å²) in [6.45, 7) is 6.27. The van der Waals surface area contributed by atoms with E-state index in [0.29, 0.717) is 18.0 Å². The first-order valence-corrected chi connectivity index (χ1v) is 12.2. The zero-order chi connectivity index (χ0) is 26.4. The number of halogens is 4. The number of nitrogens with one attached hydrogen (secondary N) is 2. The Morgan fingerprint density at radius 1 is 1.16 bits per heavy atom. The maximum absolute atomic E-state index is 13.9. The third kappa shape index (κ3) is 6.56. The zero-order valence-corrected chi connectivity index (χ0v) is 20.4. The lowest BCUT2D eigenvalue weighted by atomic mass is 9.94. The van der Waals surface area contributed by atoms with Gasteiger partial charge in [0.25, 0.3) is 0 Å². The fourth-order valence-electron chi connectivity index (χ4n) is 4.44. The van der Waals surface area contributed by atoms with Crippen LogP contribution >= 0.6 is 0 Å². The number of hydrogen-bond donors (Lipinski definition) is 3. The second-order valence-electron chi connectivity index (χ2n) is 9.03. The number of nitrogens with zero attached hydrogens (tertiary/aromatic N) is 3. The highest BCUT2D eigenvalue weighted by Gasteiger charge is 2.35. The summed E-state index contributed by atoms with van der Waals surface area (Å²) in [6, 6.07) is 11.7. The Morgan fingerprint density at radius 2 is 1.86 bits per heavy atom. The molecule has 2 aromatic carbocycles. The predicted molar refractivity (Wildman–Crippen MR) is 137 cm³/mol. The third-order valence-electron chi connectivity index (χ3n) is 6.51. The van der Waals surface area contributed by atoms with Gasteiger partial charge in [-0.1, -0.05) is 43.0 Å². The van der Waals surface area contributed by atoms with Crippen LogP contribution in [0.3, 0.4) is 0 Å². The number of aliphatic imine (C=N–C) groups is 1. The van der Waals surface area contributed by atoms with Crippen molar-refractivity contribution in [3.63, 3.8) is 0 Å². The van der Waals surface area contributed by atoms with Crippen molar-refractivity contribution in [2.45, 2.75) is 38.5 Å². The highest BCUT2D eigenvalue weighted by Crippen LogP contribution is 2.37. The molecule has 1 aromatic heterocycles. The summed E-state index contributed by atoms with van der Waals surface area (Å²) < 4.78 is 56.9. The molecule has 0 radical (unpaired) electrons. The lowest BCUT2D eigenvalue weighted by Gasteiger charge is -2.23. The second kappa shape index (κ2) is 11.6. The molecule has 0 bridgehead atoms. The summed E-state index contributed by atoms with van der Waals surface area (Å²) in [5.41, 5.74) is 6.28. The van der Waals surface area contributed by atoms with Crippen molar-refractivity contribution in [1.29, 1.82) is 0 Å². The molecule has 3 aromatic rings. The van der Waals surface area contributed by atoms with E-state index in [0.717, 1.165) is 38.4 Å². The summed E-state index contributed by atoms with van der Waals surface area (Å²) in [4.78, 5) is 8.70. The molecular weight excluding hydrogens is 484 g/mol. The van der Waals surface area contributed by atoms with Gasteiger partial charge in [-0.15, -0.1) is 0 Å². The van der Waals surface area contributed by atoms with Crippen LogP contribution in [-0.4, -0.2) is 28.9 Å². The molecular formula is C27H30F4N6. The molecule has 196 valence electrons. The maximum Gasteiger partial charge on any atom is 0.417 e. The number of hydrogen-bond acceptors (Lipinski definition) is 5. The van der Waals surface area contributed by atoms with Crippen molar-refractivity contribution in [1.82, 2.24) is 20.2 Å². The summed E-state index contributed by atoms with van der Waals surface area (Å²) in [5, 5.41) is 6.24. The van der Waals surface area contributed by atoms with Crippen LogP contribution in [0.4, 0.5) is 23.4 Å². The third-order valence-corrected chi connectivity index (χ3v) is 6.51. The van der Waals surface area contributed by atoms with E-state index in [4.69, 9.17) is 5.73 Å². The molecule has 37 heavy (non-hydrogen) atoms. The van der Waals surface area contributed by atoms with Crippen LogP contribution in [0.15, 0.2) is 65.9 Å². The molecule has 0 unspecified atom stereocenters. The van der Waals surface area contributed by atoms with Gasteiger partial charge in [-0.3, -0.25) is 0 Å². The summed E-state index contributed by atoms with van der Waals surface area (Å²) >= 11 is 0. The number of alkyl halides is 3. The van der Waals surface area contributed by atoms with Gasteiger partial charge in [0.15, 0.2) is 0 Å². The van der Waals surface area contributed by atoms with Gasteiger partial charge in [-0.05, 0) is 50.4 Å². The minimum absolute atomic E-state index is 0.0387. The Bertz CT molecular complexity index is 1260. The molecule has 4 rings (SSSR count). The first-order chi connectivity index (χ1) is 17.7. The summed E-state index contributed by atoms with van der Waals surface area (Å²) in [6.07, 6.45) is -0.393. The van der Waals surface area contributed by atoms with E-state index in [1.807, 2.05) is 0 Å². The van der Waals surface area contributed by atoms with Crippen molar-refractivity contribution in [3.05, 3.63) is 83.6 Å². The van der Waals surface area contributed by atoms with Gasteiger partial charge in [0.05, 0.1) is 11.8 Å². The first kappa shape index (κ1) is 26.4. The van der Waals surface area contributed by atoms with Crippen molar-refractivity contribution in [2.24, 2.45) is 10.9 Å². The lowest BCUT2D eigenvalue weighted by molar-refractivity contribution is -0.137. The van der Waals surface area contributed by atoms with E-state index < -0.39 is 11.7 Å². The average molecular weight is 515 g/mol. The van der Waals surface area contributed by atoms with E-state index in [2.05, 4.69) is 27.2 Å². The molecule has 2 heterocycles. The number of rotatable bonds is 9. The monoisotopic (exact) mass is 514 g/mol. The number of nitrogen functional groups attached to an aromatic ring is 1. The van der Waals surface area contributed by atoms with Gasteiger partial charge >= 0.3 is 6.18 Å². The number of aromatic nitrogens is 2. The van der Waals surface area contributed by atoms with E-state index in [1.54, 1.807) is 28.8 Å². The topological polar surface area (TPSA) is 80.3 Å². The predicted octanol–water partition coefficient (Wildman–Crippen LogP) is 5.36. The molecule has 0 spiro atoms. The Hall–Kier alpha value is -3.66. The van der Waals surface area contributed by atoms with Gasteiger partial charge in [0.2, 0.25) is 0 Å². The van der Waals surface area contributed by atoms with Gasteiger partial charge < -0.3 is 20.9 Å². The van der Waals surface area contributed by atoms with E-state index in [-0.39, 0.29) is 41.1 Å². The van der Waals surface area contributed by atoms with Crippen LogP contribution < -0.4 is 16.4 Å². The van der Waals surface area contributed by atoms with Gasteiger partial charge in [0.1, 0.15) is 29.0 Å². The van der Waals surface area contributed by atoms with Crippen LogP contribution in [0.25, 0.3) is 11.4 Å². The fourth-order valence-corrected chi connectivity index (χ4v) is 4.44. The number of piperidine rings is 1. The Morgan fingerprint density at radius 3 is 2.59 bits per heavy atom. The molecule has 10 heteroatoms. The van der Waals surface area contributed by atoms with Crippen LogP contribution in [0, 0.1) is 11.7 Å². The summed E-state index contributed by atoms with van der Waals surface area (Å²) in [5.74, 6) is 0.714. The minimum Gasteiger partial charge on any atom is -0.383 e. The van der Waals surface area contributed by atoms with Crippen molar-refractivity contribution >= 4 is 12.0 Å². The molecule has 6 nitrogen and oxygen atoms in total. The van der Waals surface area contributed by atoms with E-state index >= 15 is 0 Å². The first-order valence-electron chi connectivity index (χ1n) is 12.2. The van der Waals surface area contributed by atoms with Crippen LogP contribution in [0.1, 0.15) is 36.1 Å². The second-order valence-corrected chi connectivity index (χ2v) is 9.03. The van der Waals surface area contributed by atoms with Crippen LogP contribution in [-0.2, 0) is 19.3 Å². The Balaban J connectivity index is 1.60. The number of benzene rings is 2. The molecule has 0 saturated carbocycles. The Kier molecular flexibility index (Phi) is 8.27. The molecule has 1 aliphatic heterocycles. The molecule has 1 aliphatic rings. The Labute approximate surface area is 213 Å². The highest BCUT2D eigenvalue weighted by atomic mass is 19.4. The zero-order valence-electron chi connectivity index (χ0n) is 20.4. The average Bonchev–Trinajstić information content (AvgIpc) is 3.20. The highest BCUT2D eigenvalue weighted by molar-refractivity contribution is 5.86. The van der Waals surface area contributed by atoms with Crippen molar-refractivity contribution < 1.29 is 17.6 Å². The SMILES string of the molecule is C=C(/N=C\c1nc(-c2ccccc2C(F)(F)F)n(CCC2CCNCC2)c1N)NCc1ccccc1F. The largest absolute Gasteiger partial charge is 0.417 e. The number of anilines is 1. The normalized spacial score (nSPS) is 14.8. The van der Waals surface area contributed by atoms with Crippen molar-refractivity contribution in [3.8, 4) is 11.4 Å². The maximum atomic E-state index is 13.9. The standard InChI is InChI=1S/C27H30F4N6/c1-18(34-16-20-6-2-5-9-23(20)28)35-17-24-25(32)37(15-12-19-10-13-33-14-11-19)26(36-24)21-7-3-4-8-22(21)27(29,30)31/h2-9,17,19,33-34H,1,10-16,32H2/b35-17-. The van der Waals surface area contributed by atoms with Crippen LogP contribution in [0.5, 0.6) is 0 Å². The summed E-state index contributed by atoms with van der Waals surface area (Å²) in [7, 11) is 0. The van der Waals surface area contributed by atoms with Gasteiger partial charge in [-0.25, -0.2) is 14.4 Å². The molecule has 0 aliphatic carbocycles.